The largest absolute Gasteiger partial charge is 0.274 e. The Morgan fingerprint density at radius 2 is 2.11 bits per heavy atom. The highest BCUT2D eigenvalue weighted by atomic mass is 35.5. The molecular weight excluding hydrogens is 288 g/mol. The van der Waals surface area contributed by atoms with Crippen molar-refractivity contribution in [2.45, 2.75) is 18.6 Å². The Kier molecular flexibility index (Phi) is 4.34. The number of hydrogen-bond acceptors (Lipinski definition) is 5. The topological polar surface area (TPSA) is 69.2 Å². The Balaban J connectivity index is 2.38. The average Bonchev–Trinajstić information content (AvgIpc) is 2.39. The van der Waals surface area contributed by atoms with Crippen molar-refractivity contribution in [1.29, 1.82) is 0 Å². The van der Waals surface area contributed by atoms with Crippen LogP contribution in [0.15, 0.2) is 30.6 Å². The molecule has 1 aliphatic rings. The molecule has 0 radical (unpaired) electrons. The van der Waals surface area contributed by atoms with Gasteiger partial charge in [-0.15, -0.1) is 0 Å². The molecular formula is C12H13ClN2O3S. The summed E-state index contributed by atoms with van der Waals surface area (Å²) in [6, 6.07) is 0. The third kappa shape index (κ3) is 3.20. The van der Waals surface area contributed by atoms with Gasteiger partial charge in [-0.05, 0) is 30.5 Å². The van der Waals surface area contributed by atoms with Crippen LogP contribution in [-0.4, -0.2) is 30.2 Å². The first kappa shape index (κ1) is 14.2. The number of rotatable bonds is 4. The van der Waals surface area contributed by atoms with Gasteiger partial charge in [-0.25, -0.2) is 9.97 Å². The molecule has 5 nitrogen and oxygen atoms in total. The minimum atomic E-state index is -3.65. The van der Waals surface area contributed by atoms with Crippen molar-refractivity contribution >= 4 is 27.3 Å². The summed E-state index contributed by atoms with van der Waals surface area (Å²) in [6.07, 6.45) is 8.72. The number of hydrogen-bond donors (Lipinski definition) is 0. The summed E-state index contributed by atoms with van der Waals surface area (Å²) >= 11 is 5.63. The molecule has 1 unspecified atom stereocenters. The summed E-state index contributed by atoms with van der Waals surface area (Å²) in [5, 5.41) is -0.609. The molecule has 0 fully saturated rings. The minimum absolute atomic E-state index is 0.118. The first-order valence-electron chi connectivity index (χ1n) is 5.77. The van der Waals surface area contributed by atoms with Crippen molar-refractivity contribution < 1.29 is 12.6 Å². The van der Waals surface area contributed by atoms with Crippen LogP contribution < -0.4 is 0 Å². The zero-order valence-corrected chi connectivity index (χ0v) is 11.9. The van der Waals surface area contributed by atoms with E-state index in [4.69, 9.17) is 15.8 Å². The fourth-order valence-corrected chi connectivity index (χ4v) is 3.33. The molecule has 0 amide bonds. The summed E-state index contributed by atoms with van der Waals surface area (Å²) in [4.78, 5) is 7.74. The van der Waals surface area contributed by atoms with Gasteiger partial charge in [0.05, 0.1) is 6.61 Å². The SMILES string of the molecule is CCOS(=O)(=O)C1CC=CC=C1c1cnc(Cl)nc1. The predicted molar refractivity (Wildman–Crippen MR) is 73.1 cm³/mol. The highest BCUT2D eigenvalue weighted by Gasteiger charge is 2.31. The summed E-state index contributed by atoms with van der Waals surface area (Å²) < 4.78 is 29.0. The van der Waals surface area contributed by atoms with E-state index in [0.717, 1.165) is 0 Å². The number of halogens is 1. The van der Waals surface area contributed by atoms with Crippen LogP contribution in [0.5, 0.6) is 0 Å². The van der Waals surface area contributed by atoms with Crippen molar-refractivity contribution in [3.05, 3.63) is 41.5 Å². The molecule has 1 aromatic heterocycles. The predicted octanol–water partition coefficient (Wildman–Crippen LogP) is 2.21. The second-order valence-corrected chi connectivity index (χ2v) is 6.04. The summed E-state index contributed by atoms with van der Waals surface area (Å²) in [6.45, 7) is 1.76. The molecule has 0 saturated carbocycles. The second kappa shape index (κ2) is 5.81. The Hall–Kier alpha value is -1.24. The molecule has 1 aliphatic carbocycles. The van der Waals surface area contributed by atoms with Gasteiger partial charge < -0.3 is 0 Å². The number of aromatic nitrogens is 2. The molecule has 0 aromatic carbocycles. The minimum Gasteiger partial charge on any atom is -0.270 e. The third-order valence-corrected chi connectivity index (χ3v) is 4.60. The van der Waals surface area contributed by atoms with E-state index in [1.165, 1.54) is 12.4 Å². The van der Waals surface area contributed by atoms with Crippen LogP contribution in [0, 0.1) is 0 Å². The fraction of sp³-hybridized carbons (Fsp3) is 0.333. The molecule has 19 heavy (non-hydrogen) atoms. The first-order chi connectivity index (χ1) is 9.04. The molecule has 7 heteroatoms. The van der Waals surface area contributed by atoms with Crippen molar-refractivity contribution in [2.75, 3.05) is 6.61 Å². The van der Waals surface area contributed by atoms with Crippen molar-refractivity contribution in [2.24, 2.45) is 0 Å². The lowest BCUT2D eigenvalue weighted by molar-refractivity contribution is 0.334. The zero-order chi connectivity index (χ0) is 13.9. The van der Waals surface area contributed by atoms with E-state index >= 15 is 0 Å². The zero-order valence-electron chi connectivity index (χ0n) is 10.3. The van der Waals surface area contributed by atoms with Gasteiger partial charge in [0.25, 0.3) is 10.1 Å². The van der Waals surface area contributed by atoms with Gasteiger partial charge in [-0.1, -0.05) is 18.2 Å². The molecule has 2 rings (SSSR count). The van der Waals surface area contributed by atoms with E-state index in [2.05, 4.69) is 9.97 Å². The lowest BCUT2D eigenvalue weighted by atomic mass is 9.99. The molecule has 0 aliphatic heterocycles. The van der Waals surface area contributed by atoms with Crippen LogP contribution in [0.2, 0.25) is 5.28 Å². The van der Waals surface area contributed by atoms with Gasteiger partial charge in [0.1, 0.15) is 5.25 Å². The Bertz CT molecular complexity index is 608. The van der Waals surface area contributed by atoms with Crippen LogP contribution in [-0.2, 0) is 14.3 Å². The summed E-state index contributed by atoms with van der Waals surface area (Å²) in [7, 11) is -3.65. The third-order valence-electron chi connectivity index (χ3n) is 2.69. The van der Waals surface area contributed by atoms with Gasteiger partial charge in [0.2, 0.25) is 5.28 Å². The Labute approximate surface area is 117 Å². The van der Waals surface area contributed by atoms with Gasteiger partial charge in [0, 0.05) is 18.0 Å². The number of nitrogens with zero attached hydrogens (tertiary/aromatic N) is 2. The Morgan fingerprint density at radius 1 is 1.42 bits per heavy atom. The molecule has 1 heterocycles. The van der Waals surface area contributed by atoms with Crippen LogP contribution in [0.4, 0.5) is 0 Å². The van der Waals surface area contributed by atoms with Crippen LogP contribution >= 0.6 is 11.6 Å². The maximum atomic E-state index is 12.1. The maximum absolute atomic E-state index is 12.1. The monoisotopic (exact) mass is 300 g/mol. The van der Waals surface area contributed by atoms with E-state index in [1.54, 1.807) is 19.1 Å². The molecule has 1 aromatic rings. The van der Waals surface area contributed by atoms with Crippen molar-refractivity contribution in [3.8, 4) is 0 Å². The van der Waals surface area contributed by atoms with Gasteiger partial charge in [0.15, 0.2) is 0 Å². The quantitative estimate of drug-likeness (QED) is 0.630. The molecule has 1 atom stereocenters. The van der Waals surface area contributed by atoms with Gasteiger partial charge in [-0.2, -0.15) is 8.42 Å². The van der Waals surface area contributed by atoms with Crippen LogP contribution in [0.25, 0.3) is 5.57 Å². The van der Waals surface area contributed by atoms with E-state index in [-0.39, 0.29) is 11.9 Å². The Morgan fingerprint density at radius 3 is 2.74 bits per heavy atom. The average molecular weight is 301 g/mol. The standard InChI is InChI=1S/C12H13ClN2O3S/c1-2-18-19(16,17)11-6-4-3-5-10(11)9-7-14-12(13)15-8-9/h3-5,7-8,11H,2,6H2,1H3. The summed E-state index contributed by atoms with van der Waals surface area (Å²) in [5.41, 5.74) is 1.25. The van der Waals surface area contributed by atoms with E-state index in [0.29, 0.717) is 17.6 Å². The van der Waals surface area contributed by atoms with Gasteiger partial charge in [-0.3, -0.25) is 4.18 Å². The van der Waals surface area contributed by atoms with Crippen LogP contribution in [0.3, 0.4) is 0 Å². The second-order valence-electron chi connectivity index (χ2n) is 3.91. The highest BCUT2D eigenvalue weighted by Crippen LogP contribution is 2.29. The molecule has 0 spiro atoms. The van der Waals surface area contributed by atoms with E-state index < -0.39 is 15.4 Å². The maximum Gasteiger partial charge on any atom is 0.274 e. The van der Waals surface area contributed by atoms with Crippen LogP contribution in [0.1, 0.15) is 18.9 Å². The van der Waals surface area contributed by atoms with E-state index in [9.17, 15) is 8.42 Å². The lowest BCUT2D eigenvalue weighted by Crippen LogP contribution is -2.26. The molecule has 0 saturated heterocycles. The first-order valence-corrected chi connectivity index (χ1v) is 7.62. The lowest BCUT2D eigenvalue weighted by Gasteiger charge is -2.20. The van der Waals surface area contributed by atoms with Gasteiger partial charge >= 0.3 is 0 Å². The smallest absolute Gasteiger partial charge is 0.270 e. The molecule has 0 bridgehead atoms. The normalized spacial score (nSPS) is 19.3. The molecule has 102 valence electrons. The number of allylic oxidation sites excluding steroid dienone is 3. The fourth-order valence-electron chi connectivity index (χ4n) is 1.87. The van der Waals surface area contributed by atoms with Crippen molar-refractivity contribution in [1.82, 2.24) is 9.97 Å². The van der Waals surface area contributed by atoms with Crippen molar-refractivity contribution in [3.63, 3.8) is 0 Å². The van der Waals surface area contributed by atoms with E-state index in [1.807, 2.05) is 6.08 Å². The summed E-state index contributed by atoms with van der Waals surface area (Å²) in [5.74, 6) is 0. The highest BCUT2D eigenvalue weighted by molar-refractivity contribution is 7.87. The molecule has 0 N–H and O–H groups in total.